The third-order valence-electron chi connectivity index (χ3n) is 5.68. The van der Waals surface area contributed by atoms with E-state index in [0.717, 1.165) is 41.2 Å². The number of phenolic OH excluding ortho intramolecular Hbond substituents is 1. The number of hydrogen-bond donors (Lipinski definition) is 1. The SMILES string of the molecule is Cc1c(C)c2c(c(C)c1O)CC(C)C(C)(CCCC(C)C)O2. The summed E-state index contributed by atoms with van der Waals surface area (Å²) in [5.41, 5.74) is 4.15. The highest BCUT2D eigenvalue weighted by Crippen LogP contribution is 2.46. The topological polar surface area (TPSA) is 29.5 Å². The number of aromatic hydroxyl groups is 1. The molecule has 1 aromatic rings. The van der Waals surface area contributed by atoms with E-state index in [9.17, 15) is 5.11 Å². The fourth-order valence-electron chi connectivity index (χ4n) is 3.57. The van der Waals surface area contributed by atoms with E-state index in [0.29, 0.717) is 11.7 Å². The minimum Gasteiger partial charge on any atom is -0.507 e. The molecule has 2 rings (SSSR count). The third-order valence-corrected chi connectivity index (χ3v) is 5.68. The Morgan fingerprint density at radius 1 is 1.18 bits per heavy atom. The van der Waals surface area contributed by atoms with Gasteiger partial charge >= 0.3 is 0 Å². The first-order valence-corrected chi connectivity index (χ1v) is 8.68. The predicted molar refractivity (Wildman–Crippen MR) is 92.9 cm³/mol. The van der Waals surface area contributed by atoms with E-state index < -0.39 is 0 Å². The van der Waals surface area contributed by atoms with Crippen molar-refractivity contribution in [2.75, 3.05) is 0 Å². The lowest BCUT2D eigenvalue weighted by Crippen LogP contribution is -2.44. The van der Waals surface area contributed by atoms with E-state index in [-0.39, 0.29) is 5.60 Å². The van der Waals surface area contributed by atoms with Gasteiger partial charge in [0.05, 0.1) is 0 Å². The van der Waals surface area contributed by atoms with Crippen LogP contribution >= 0.6 is 0 Å². The molecule has 2 heteroatoms. The molecule has 0 aliphatic carbocycles. The first-order chi connectivity index (χ1) is 10.2. The zero-order valence-electron chi connectivity index (χ0n) is 15.3. The minimum atomic E-state index is -0.0947. The van der Waals surface area contributed by atoms with Gasteiger partial charge in [0.2, 0.25) is 0 Å². The van der Waals surface area contributed by atoms with E-state index in [4.69, 9.17) is 4.74 Å². The highest BCUT2D eigenvalue weighted by Gasteiger charge is 2.39. The van der Waals surface area contributed by atoms with Crippen LogP contribution in [0, 0.1) is 32.6 Å². The Morgan fingerprint density at radius 3 is 2.41 bits per heavy atom. The number of hydrogen-bond acceptors (Lipinski definition) is 2. The summed E-state index contributed by atoms with van der Waals surface area (Å²) in [5.74, 6) is 2.68. The average molecular weight is 304 g/mol. The van der Waals surface area contributed by atoms with Gasteiger partial charge in [-0.2, -0.15) is 0 Å². The van der Waals surface area contributed by atoms with Crippen LogP contribution in [0.3, 0.4) is 0 Å². The van der Waals surface area contributed by atoms with Crippen LogP contribution in [0.25, 0.3) is 0 Å². The standard InChI is InChI=1S/C20H32O2/c1-12(2)9-8-10-20(7)13(3)11-17-16(6)18(21)14(4)15(5)19(17)22-20/h12-13,21H,8-11H2,1-7H3. The lowest BCUT2D eigenvalue weighted by atomic mass is 9.77. The fraction of sp³-hybridized carbons (Fsp3) is 0.700. The third kappa shape index (κ3) is 2.98. The van der Waals surface area contributed by atoms with Crippen LogP contribution in [0.2, 0.25) is 0 Å². The number of phenols is 1. The molecule has 0 spiro atoms. The van der Waals surface area contributed by atoms with Crippen molar-refractivity contribution >= 4 is 0 Å². The van der Waals surface area contributed by atoms with Gasteiger partial charge in [0, 0.05) is 5.56 Å². The van der Waals surface area contributed by atoms with Crippen molar-refractivity contribution in [2.24, 2.45) is 11.8 Å². The summed E-state index contributed by atoms with van der Waals surface area (Å²) in [5, 5.41) is 10.3. The molecule has 0 amide bonds. The van der Waals surface area contributed by atoms with Crippen LogP contribution in [0.15, 0.2) is 0 Å². The van der Waals surface area contributed by atoms with Crippen LogP contribution in [-0.4, -0.2) is 10.7 Å². The zero-order chi connectivity index (χ0) is 16.7. The van der Waals surface area contributed by atoms with Gasteiger partial charge in [-0.1, -0.05) is 27.2 Å². The molecule has 0 bridgehead atoms. The van der Waals surface area contributed by atoms with Crippen LogP contribution in [-0.2, 0) is 6.42 Å². The van der Waals surface area contributed by atoms with Gasteiger partial charge in [-0.25, -0.2) is 0 Å². The molecule has 1 aliphatic heterocycles. The van der Waals surface area contributed by atoms with Gasteiger partial charge in [-0.3, -0.25) is 0 Å². The van der Waals surface area contributed by atoms with Gasteiger partial charge in [-0.05, 0) is 75.5 Å². The number of ether oxygens (including phenoxy) is 1. The summed E-state index contributed by atoms with van der Waals surface area (Å²) >= 11 is 0. The zero-order valence-corrected chi connectivity index (χ0v) is 15.3. The van der Waals surface area contributed by atoms with Gasteiger partial charge in [0.15, 0.2) is 0 Å². The summed E-state index contributed by atoms with van der Waals surface area (Å²) in [6, 6.07) is 0. The first kappa shape index (κ1) is 17.2. The summed E-state index contributed by atoms with van der Waals surface area (Å²) in [7, 11) is 0. The van der Waals surface area contributed by atoms with Crippen LogP contribution < -0.4 is 4.74 Å². The molecule has 0 saturated heterocycles. The van der Waals surface area contributed by atoms with Crippen molar-refractivity contribution in [1.29, 1.82) is 0 Å². The maximum absolute atomic E-state index is 10.3. The predicted octanol–water partition coefficient (Wildman–Crippen LogP) is 5.47. The second-order valence-electron chi connectivity index (χ2n) is 7.84. The number of rotatable bonds is 4. The Morgan fingerprint density at radius 2 is 1.82 bits per heavy atom. The molecular formula is C20H32O2. The monoisotopic (exact) mass is 304 g/mol. The van der Waals surface area contributed by atoms with Gasteiger partial charge in [0.25, 0.3) is 0 Å². The Hall–Kier alpha value is -1.18. The molecular weight excluding hydrogens is 272 g/mol. The smallest absolute Gasteiger partial charge is 0.127 e. The molecule has 1 N–H and O–H groups in total. The molecule has 0 saturated carbocycles. The number of fused-ring (bicyclic) bond motifs is 1. The van der Waals surface area contributed by atoms with E-state index in [1.807, 2.05) is 13.8 Å². The Kier molecular flexibility index (Phi) is 4.79. The Labute approximate surface area is 135 Å². The normalized spacial score (nSPS) is 24.3. The summed E-state index contributed by atoms with van der Waals surface area (Å²) in [4.78, 5) is 0. The van der Waals surface area contributed by atoms with E-state index in [1.54, 1.807) is 0 Å². The summed E-state index contributed by atoms with van der Waals surface area (Å²) in [6.45, 7) is 15.2. The van der Waals surface area contributed by atoms with Crippen molar-refractivity contribution in [3.63, 3.8) is 0 Å². The molecule has 0 radical (unpaired) electrons. The lowest BCUT2D eigenvalue weighted by molar-refractivity contribution is 0.00567. The molecule has 1 heterocycles. The maximum Gasteiger partial charge on any atom is 0.127 e. The molecule has 0 aromatic heterocycles. The molecule has 0 fully saturated rings. The second kappa shape index (κ2) is 6.14. The molecule has 2 nitrogen and oxygen atoms in total. The van der Waals surface area contributed by atoms with Crippen LogP contribution in [0.1, 0.15) is 69.2 Å². The van der Waals surface area contributed by atoms with Gasteiger partial charge in [0.1, 0.15) is 17.1 Å². The molecule has 2 unspecified atom stereocenters. The van der Waals surface area contributed by atoms with Gasteiger partial charge < -0.3 is 9.84 Å². The molecule has 2 atom stereocenters. The highest BCUT2D eigenvalue weighted by molar-refractivity contribution is 5.58. The van der Waals surface area contributed by atoms with E-state index >= 15 is 0 Å². The van der Waals surface area contributed by atoms with Crippen LogP contribution in [0.5, 0.6) is 11.5 Å². The van der Waals surface area contributed by atoms with E-state index in [1.165, 1.54) is 18.4 Å². The fourth-order valence-corrected chi connectivity index (χ4v) is 3.57. The minimum absolute atomic E-state index is 0.0947. The molecule has 1 aliphatic rings. The molecule has 1 aromatic carbocycles. The van der Waals surface area contributed by atoms with Gasteiger partial charge in [-0.15, -0.1) is 0 Å². The highest BCUT2D eigenvalue weighted by atomic mass is 16.5. The largest absolute Gasteiger partial charge is 0.507 e. The second-order valence-corrected chi connectivity index (χ2v) is 7.84. The Balaban J connectivity index is 2.32. The quantitative estimate of drug-likeness (QED) is 0.799. The molecule has 22 heavy (non-hydrogen) atoms. The molecule has 124 valence electrons. The van der Waals surface area contributed by atoms with Crippen molar-refractivity contribution in [3.8, 4) is 11.5 Å². The summed E-state index contributed by atoms with van der Waals surface area (Å²) < 4.78 is 6.55. The average Bonchev–Trinajstić information content (AvgIpc) is 2.45. The van der Waals surface area contributed by atoms with Crippen molar-refractivity contribution in [2.45, 2.75) is 79.8 Å². The van der Waals surface area contributed by atoms with Crippen molar-refractivity contribution in [1.82, 2.24) is 0 Å². The Bertz CT molecular complexity index is 560. The maximum atomic E-state index is 10.3. The lowest BCUT2D eigenvalue weighted by Gasteiger charge is -2.43. The van der Waals surface area contributed by atoms with Crippen LogP contribution in [0.4, 0.5) is 0 Å². The first-order valence-electron chi connectivity index (χ1n) is 8.68. The summed E-state index contributed by atoms with van der Waals surface area (Å²) in [6.07, 6.45) is 4.56. The van der Waals surface area contributed by atoms with Crippen molar-refractivity contribution in [3.05, 3.63) is 22.3 Å². The number of benzene rings is 1. The van der Waals surface area contributed by atoms with Crippen molar-refractivity contribution < 1.29 is 9.84 Å². The van der Waals surface area contributed by atoms with E-state index in [2.05, 4.69) is 34.6 Å².